The van der Waals surface area contributed by atoms with Crippen LogP contribution in [-0.2, 0) is 10.0 Å². The van der Waals surface area contributed by atoms with Crippen molar-refractivity contribution in [2.75, 3.05) is 7.11 Å². The molecule has 0 aliphatic carbocycles. The zero-order valence-corrected chi connectivity index (χ0v) is 17.3. The minimum absolute atomic E-state index is 0.0509. The number of hydrogen-bond donors (Lipinski definition) is 0. The van der Waals surface area contributed by atoms with Crippen molar-refractivity contribution < 1.29 is 22.4 Å². The summed E-state index contributed by atoms with van der Waals surface area (Å²) in [5.41, 5.74) is 1.47. The molecule has 0 radical (unpaired) electrons. The number of rotatable bonds is 5. The summed E-state index contributed by atoms with van der Waals surface area (Å²) >= 11 is 0. The minimum Gasteiger partial charge on any atom is -0.497 e. The van der Waals surface area contributed by atoms with Crippen LogP contribution in [0.3, 0.4) is 0 Å². The maximum absolute atomic E-state index is 13.6. The SMILES string of the molecule is COc1ccc2c(c1)cc(C(=O)c1ccc3occc3c1)n2S(=O)(=O)c1ccccc1. The number of methoxy groups -OCH3 is 1. The number of ketones is 1. The van der Waals surface area contributed by atoms with Gasteiger partial charge in [0.1, 0.15) is 17.0 Å². The average Bonchev–Trinajstić information content (AvgIpc) is 3.42. The van der Waals surface area contributed by atoms with Gasteiger partial charge >= 0.3 is 0 Å². The molecule has 0 aliphatic rings. The van der Waals surface area contributed by atoms with Crippen LogP contribution in [-0.4, -0.2) is 25.3 Å². The molecule has 0 saturated carbocycles. The number of nitrogens with zero attached hydrogens (tertiary/aromatic N) is 1. The first-order valence-electron chi connectivity index (χ1n) is 9.51. The van der Waals surface area contributed by atoms with Gasteiger partial charge in [-0.05, 0) is 60.7 Å². The lowest BCUT2D eigenvalue weighted by atomic mass is 10.1. The van der Waals surface area contributed by atoms with Gasteiger partial charge in [-0.1, -0.05) is 18.2 Å². The van der Waals surface area contributed by atoms with Crippen molar-refractivity contribution in [2.45, 2.75) is 4.90 Å². The molecule has 0 aliphatic heterocycles. The lowest BCUT2D eigenvalue weighted by molar-refractivity contribution is 0.103. The number of benzene rings is 3. The highest BCUT2D eigenvalue weighted by Crippen LogP contribution is 2.30. The summed E-state index contributed by atoms with van der Waals surface area (Å²) in [7, 11) is -2.49. The normalized spacial score (nSPS) is 11.8. The highest BCUT2D eigenvalue weighted by molar-refractivity contribution is 7.90. The van der Waals surface area contributed by atoms with Crippen LogP contribution in [0.4, 0.5) is 0 Å². The van der Waals surface area contributed by atoms with Gasteiger partial charge in [0.2, 0.25) is 5.78 Å². The number of carbonyl (C=O) groups is 1. The third-order valence-electron chi connectivity index (χ3n) is 5.19. The van der Waals surface area contributed by atoms with E-state index in [-0.39, 0.29) is 10.6 Å². The molecule has 0 unspecified atom stereocenters. The first kappa shape index (κ1) is 19.1. The van der Waals surface area contributed by atoms with Crippen LogP contribution in [0, 0.1) is 0 Å². The molecule has 2 heterocycles. The third-order valence-corrected chi connectivity index (χ3v) is 6.94. The Bertz CT molecular complexity index is 1550. The standard InChI is InChI=1S/C24H17NO5S/c1-29-19-8-9-21-18(14-19)15-22(25(21)31(27,28)20-5-3-2-4-6-20)24(26)17-7-10-23-16(13-17)11-12-30-23/h2-15H,1H3. The van der Waals surface area contributed by atoms with E-state index in [1.165, 1.54) is 19.2 Å². The molecule has 0 fully saturated rings. The molecule has 2 aromatic heterocycles. The summed E-state index contributed by atoms with van der Waals surface area (Å²) in [5.74, 6) is 0.165. The van der Waals surface area contributed by atoms with Gasteiger partial charge in [-0.15, -0.1) is 0 Å². The summed E-state index contributed by atoms with van der Waals surface area (Å²) < 4.78 is 38.8. The van der Waals surface area contributed by atoms with Gasteiger partial charge in [-0.3, -0.25) is 4.79 Å². The van der Waals surface area contributed by atoms with Gasteiger partial charge in [0.05, 0.1) is 23.8 Å². The molecule has 7 heteroatoms. The molecule has 5 aromatic rings. The fourth-order valence-electron chi connectivity index (χ4n) is 3.67. The Hall–Kier alpha value is -3.84. The van der Waals surface area contributed by atoms with E-state index >= 15 is 0 Å². The largest absolute Gasteiger partial charge is 0.497 e. The molecule has 3 aromatic carbocycles. The highest BCUT2D eigenvalue weighted by Gasteiger charge is 2.27. The van der Waals surface area contributed by atoms with Gasteiger partial charge in [-0.2, -0.15) is 0 Å². The fraction of sp³-hybridized carbons (Fsp3) is 0.0417. The lowest BCUT2D eigenvalue weighted by Crippen LogP contribution is -2.19. The predicted octanol–water partition coefficient (Wildman–Crippen LogP) is 4.86. The Labute approximate surface area is 178 Å². The van der Waals surface area contributed by atoms with E-state index in [1.54, 1.807) is 73.0 Å². The summed E-state index contributed by atoms with van der Waals surface area (Å²) in [4.78, 5) is 13.6. The molecule has 0 N–H and O–H groups in total. The molecule has 0 spiro atoms. The molecule has 0 bridgehead atoms. The topological polar surface area (TPSA) is 78.5 Å². The zero-order chi connectivity index (χ0) is 21.6. The summed E-state index contributed by atoms with van der Waals surface area (Å²) in [6.45, 7) is 0. The number of aromatic nitrogens is 1. The van der Waals surface area contributed by atoms with Crippen molar-refractivity contribution in [3.63, 3.8) is 0 Å². The number of carbonyl (C=O) groups excluding carboxylic acids is 1. The molecule has 0 saturated heterocycles. The number of hydrogen-bond acceptors (Lipinski definition) is 5. The van der Waals surface area contributed by atoms with E-state index < -0.39 is 15.8 Å². The second kappa shape index (κ2) is 7.14. The average molecular weight is 431 g/mol. The smallest absolute Gasteiger partial charge is 0.268 e. The Morgan fingerprint density at radius 2 is 1.71 bits per heavy atom. The molecule has 6 nitrogen and oxygen atoms in total. The van der Waals surface area contributed by atoms with E-state index in [0.29, 0.717) is 27.8 Å². The van der Waals surface area contributed by atoms with E-state index in [2.05, 4.69) is 0 Å². The predicted molar refractivity (Wildman–Crippen MR) is 117 cm³/mol. The van der Waals surface area contributed by atoms with Crippen LogP contribution in [0.5, 0.6) is 5.75 Å². The summed E-state index contributed by atoms with van der Waals surface area (Å²) in [5, 5.41) is 1.35. The third kappa shape index (κ3) is 3.10. The number of ether oxygens (including phenoxy) is 1. The second-order valence-corrected chi connectivity index (χ2v) is 8.83. The van der Waals surface area contributed by atoms with Gasteiger partial charge in [0, 0.05) is 16.3 Å². The Kier molecular flexibility index (Phi) is 4.41. The number of furan rings is 1. The van der Waals surface area contributed by atoms with Crippen LogP contribution in [0.15, 0.2) is 94.4 Å². The second-order valence-electron chi connectivity index (χ2n) is 7.04. The monoisotopic (exact) mass is 431 g/mol. The van der Waals surface area contributed by atoms with Crippen molar-refractivity contribution in [3.8, 4) is 5.75 Å². The maximum atomic E-state index is 13.6. The summed E-state index contributed by atoms with van der Waals surface area (Å²) in [6.07, 6.45) is 1.54. The van der Waals surface area contributed by atoms with Gasteiger partial charge < -0.3 is 9.15 Å². The van der Waals surface area contributed by atoms with Crippen LogP contribution >= 0.6 is 0 Å². The first-order chi connectivity index (χ1) is 15.0. The van der Waals surface area contributed by atoms with E-state index in [9.17, 15) is 13.2 Å². The fourth-order valence-corrected chi connectivity index (χ4v) is 5.20. The Morgan fingerprint density at radius 1 is 0.903 bits per heavy atom. The van der Waals surface area contributed by atoms with Crippen LogP contribution in [0.1, 0.15) is 16.1 Å². The van der Waals surface area contributed by atoms with Crippen LogP contribution in [0.2, 0.25) is 0 Å². The van der Waals surface area contributed by atoms with Crippen molar-refractivity contribution in [1.29, 1.82) is 0 Å². The lowest BCUT2D eigenvalue weighted by Gasteiger charge is -2.12. The van der Waals surface area contributed by atoms with E-state index in [0.717, 1.165) is 9.36 Å². The van der Waals surface area contributed by atoms with Crippen molar-refractivity contribution in [3.05, 3.63) is 96.4 Å². The van der Waals surface area contributed by atoms with E-state index in [1.807, 2.05) is 0 Å². The summed E-state index contributed by atoms with van der Waals surface area (Å²) in [6, 6.07) is 21.4. The first-order valence-corrected chi connectivity index (χ1v) is 10.9. The van der Waals surface area contributed by atoms with Crippen molar-refractivity contribution in [1.82, 2.24) is 3.97 Å². The van der Waals surface area contributed by atoms with Crippen LogP contribution in [0.25, 0.3) is 21.9 Å². The minimum atomic E-state index is -4.02. The van der Waals surface area contributed by atoms with Gasteiger partial charge in [0.25, 0.3) is 10.0 Å². The van der Waals surface area contributed by atoms with E-state index in [4.69, 9.17) is 9.15 Å². The van der Waals surface area contributed by atoms with Gasteiger partial charge in [0.15, 0.2) is 0 Å². The molecule has 154 valence electrons. The van der Waals surface area contributed by atoms with Crippen LogP contribution < -0.4 is 4.74 Å². The van der Waals surface area contributed by atoms with Crippen molar-refractivity contribution in [2.24, 2.45) is 0 Å². The molecular formula is C24H17NO5S. The van der Waals surface area contributed by atoms with Crippen molar-refractivity contribution >= 4 is 37.7 Å². The number of fused-ring (bicyclic) bond motifs is 2. The highest BCUT2D eigenvalue weighted by atomic mass is 32.2. The zero-order valence-electron chi connectivity index (χ0n) is 16.5. The molecule has 0 atom stereocenters. The Morgan fingerprint density at radius 3 is 2.48 bits per heavy atom. The maximum Gasteiger partial charge on any atom is 0.268 e. The molecular weight excluding hydrogens is 414 g/mol. The Balaban J connectivity index is 1.77. The molecule has 31 heavy (non-hydrogen) atoms. The molecule has 0 amide bonds. The molecule has 5 rings (SSSR count). The van der Waals surface area contributed by atoms with Gasteiger partial charge in [-0.25, -0.2) is 12.4 Å². The quantitative estimate of drug-likeness (QED) is 0.371.